The summed E-state index contributed by atoms with van der Waals surface area (Å²) in [4.78, 5) is 13.2. The number of alkyl halides is 1. The Hall–Kier alpha value is -1.06. The lowest BCUT2D eigenvalue weighted by atomic mass is 9.91. The monoisotopic (exact) mass is 215 g/mol. The SMILES string of the molecule is C=C(O)C1(F)CCN(C(=O)C(C)C)CC1. The molecule has 0 aliphatic carbocycles. The van der Waals surface area contributed by atoms with Crippen molar-refractivity contribution in [1.29, 1.82) is 0 Å². The lowest BCUT2D eigenvalue weighted by molar-refractivity contribution is -0.137. The average molecular weight is 215 g/mol. The van der Waals surface area contributed by atoms with Gasteiger partial charge in [-0.2, -0.15) is 0 Å². The average Bonchev–Trinajstić information content (AvgIpc) is 2.17. The number of rotatable bonds is 2. The zero-order chi connectivity index (χ0) is 11.6. The molecule has 86 valence electrons. The molecule has 0 spiro atoms. The molecule has 1 fully saturated rings. The molecular formula is C11H18FNO2. The number of aliphatic hydroxyl groups excluding tert-OH is 1. The Morgan fingerprint density at radius 1 is 1.47 bits per heavy atom. The minimum atomic E-state index is -1.70. The van der Waals surface area contributed by atoms with E-state index in [4.69, 9.17) is 5.11 Å². The van der Waals surface area contributed by atoms with Gasteiger partial charge in [0.15, 0.2) is 5.67 Å². The normalized spacial score (nSPS) is 20.4. The predicted octanol–water partition coefficient (Wildman–Crippen LogP) is 2.04. The van der Waals surface area contributed by atoms with Crippen LogP contribution in [0.3, 0.4) is 0 Å². The Balaban J connectivity index is 2.56. The maximum Gasteiger partial charge on any atom is 0.225 e. The van der Waals surface area contributed by atoms with Crippen LogP contribution in [-0.2, 0) is 4.79 Å². The molecule has 0 radical (unpaired) electrons. The molecule has 1 saturated heterocycles. The number of hydrogen-bond acceptors (Lipinski definition) is 2. The summed E-state index contributed by atoms with van der Waals surface area (Å²) >= 11 is 0. The number of hydrogen-bond donors (Lipinski definition) is 1. The number of likely N-dealkylation sites (tertiary alicyclic amines) is 1. The molecule has 1 N–H and O–H groups in total. The topological polar surface area (TPSA) is 40.5 Å². The summed E-state index contributed by atoms with van der Waals surface area (Å²) < 4.78 is 13.8. The van der Waals surface area contributed by atoms with E-state index in [2.05, 4.69) is 6.58 Å². The second-order valence-electron chi connectivity index (χ2n) is 4.39. The van der Waals surface area contributed by atoms with Crippen LogP contribution in [0, 0.1) is 5.92 Å². The van der Waals surface area contributed by atoms with Gasteiger partial charge in [0.25, 0.3) is 0 Å². The summed E-state index contributed by atoms with van der Waals surface area (Å²) in [6.45, 7) is 7.59. The van der Waals surface area contributed by atoms with E-state index >= 15 is 0 Å². The summed E-state index contributed by atoms with van der Waals surface area (Å²) in [6.07, 6.45) is 0.279. The molecule has 1 aliphatic rings. The molecule has 1 aliphatic heterocycles. The van der Waals surface area contributed by atoms with Crippen LogP contribution in [0.4, 0.5) is 4.39 Å². The fourth-order valence-electron chi connectivity index (χ4n) is 1.74. The van der Waals surface area contributed by atoms with Gasteiger partial charge in [0.2, 0.25) is 5.91 Å². The third kappa shape index (κ3) is 2.49. The van der Waals surface area contributed by atoms with E-state index < -0.39 is 11.4 Å². The predicted molar refractivity (Wildman–Crippen MR) is 56.3 cm³/mol. The van der Waals surface area contributed by atoms with Crippen LogP contribution in [0.1, 0.15) is 26.7 Å². The first-order valence-electron chi connectivity index (χ1n) is 5.23. The van der Waals surface area contributed by atoms with Crippen molar-refractivity contribution in [2.45, 2.75) is 32.4 Å². The van der Waals surface area contributed by atoms with E-state index in [0.29, 0.717) is 13.1 Å². The van der Waals surface area contributed by atoms with Crippen LogP contribution in [-0.4, -0.2) is 34.7 Å². The van der Waals surface area contributed by atoms with Gasteiger partial charge in [0, 0.05) is 31.8 Å². The maximum absolute atomic E-state index is 13.8. The van der Waals surface area contributed by atoms with Crippen LogP contribution in [0.2, 0.25) is 0 Å². The van der Waals surface area contributed by atoms with Crippen molar-refractivity contribution in [1.82, 2.24) is 4.90 Å². The number of carbonyl (C=O) groups is 1. The summed E-state index contributed by atoms with van der Waals surface area (Å²) in [5.41, 5.74) is -1.70. The van der Waals surface area contributed by atoms with Crippen LogP contribution in [0.25, 0.3) is 0 Å². The second-order valence-corrected chi connectivity index (χ2v) is 4.39. The number of allylic oxidation sites excluding steroid dienone is 1. The first-order valence-corrected chi connectivity index (χ1v) is 5.23. The summed E-state index contributed by atoms with van der Waals surface area (Å²) in [5, 5.41) is 9.10. The highest BCUT2D eigenvalue weighted by Crippen LogP contribution is 2.31. The van der Waals surface area contributed by atoms with Gasteiger partial charge >= 0.3 is 0 Å². The molecule has 0 aromatic rings. The smallest absolute Gasteiger partial charge is 0.225 e. The quantitative estimate of drug-likeness (QED) is 0.716. The van der Waals surface area contributed by atoms with Gasteiger partial charge in [-0.15, -0.1) is 0 Å². The Morgan fingerprint density at radius 3 is 2.27 bits per heavy atom. The summed E-state index contributed by atoms with van der Waals surface area (Å²) in [7, 11) is 0. The molecule has 0 aromatic carbocycles. The minimum absolute atomic E-state index is 0.0422. The van der Waals surface area contributed by atoms with Gasteiger partial charge in [0.05, 0.1) is 0 Å². The summed E-state index contributed by atoms with van der Waals surface area (Å²) in [5.74, 6) is -0.436. The molecule has 0 bridgehead atoms. The highest BCUT2D eigenvalue weighted by molar-refractivity contribution is 5.78. The van der Waals surface area contributed by atoms with Crippen molar-refractivity contribution in [3.8, 4) is 0 Å². The number of halogens is 1. The largest absolute Gasteiger partial charge is 0.510 e. The van der Waals surface area contributed by atoms with Gasteiger partial charge in [-0.1, -0.05) is 20.4 Å². The van der Waals surface area contributed by atoms with Gasteiger partial charge < -0.3 is 10.0 Å². The molecular weight excluding hydrogens is 197 g/mol. The zero-order valence-electron chi connectivity index (χ0n) is 9.29. The van der Waals surface area contributed by atoms with Gasteiger partial charge in [-0.05, 0) is 0 Å². The lowest BCUT2D eigenvalue weighted by Gasteiger charge is -2.36. The van der Waals surface area contributed by atoms with Crippen molar-refractivity contribution in [2.24, 2.45) is 5.92 Å². The molecule has 4 heteroatoms. The molecule has 1 amide bonds. The highest BCUT2D eigenvalue weighted by atomic mass is 19.1. The number of amides is 1. The molecule has 3 nitrogen and oxygen atoms in total. The number of piperidine rings is 1. The fourth-order valence-corrected chi connectivity index (χ4v) is 1.74. The first kappa shape index (κ1) is 12.0. The first-order chi connectivity index (χ1) is 6.87. The number of carbonyl (C=O) groups excluding carboxylic acids is 1. The van der Waals surface area contributed by atoms with Crippen molar-refractivity contribution in [3.05, 3.63) is 12.3 Å². The molecule has 0 atom stereocenters. The Morgan fingerprint density at radius 2 is 1.93 bits per heavy atom. The van der Waals surface area contributed by atoms with Crippen molar-refractivity contribution in [3.63, 3.8) is 0 Å². The summed E-state index contributed by atoms with van der Waals surface area (Å²) in [6, 6.07) is 0. The Labute approximate surface area is 89.6 Å². The van der Waals surface area contributed by atoms with E-state index in [1.807, 2.05) is 13.8 Å². The molecule has 0 aromatic heterocycles. The molecule has 1 heterocycles. The number of aliphatic hydroxyl groups is 1. The van der Waals surface area contributed by atoms with E-state index in [0.717, 1.165) is 0 Å². The van der Waals surface area contributed by atoms with Crippen molar-refractivity contribution >= 4 is 5.91 Å². The van der Waals surface area contributed by atoms with Gasteiger partial charge in [-0.25, -0.2) is 4.39 Å². The molecule has 1 rings (SSSR count). The van der Waals surface area contributed by atoms with Crippen LogP contribution in [0.15, 0.2) is 12.3 Å². The molecule has 15 heavy (non-hydrogen) atoms. The molecule has 0 unspecified atom stereocenters. The van der Waals surface area contributed by atoms with E-state index in [-0.39, 0.29) is 24.7 Å². The minimum Gasteiger partial charge on any atom is -0.510 e. The van der Waals surface area contributed by atoms with Crippen LogP contribution >= 0.6 is 0 Å². The highest BCUT2D eigenvalue weighted by Gasteiger charge is 2.38. The van der Waals surface area contributed by atoms with Crippen LogP contribution in [0.5, 0.6) is 0 Å². The van der Waals surface area contributed by atoms with Gasteiger partial charge in [-0.3, -0.25) is 4.79 Å². The third-order valence-corrected chi connectivity index (χ3v) is 2.88. The maximum atomic E-state index is 13.8. The van der Waals surface area contributed by atoms with E-state index in [9.17, 15) is 9.18 Å². The fraction of sp³-hybridized carbons (Fsp3) is 0.727. The van der Waals surface area contributed by atoms with Crippen molar-refractivity contribution < 1.29 is 14.3 Å². The van der Waals surface area contributed by atoms with Gasteiger partial charge in [0.1, 0.15) is 5.76 Å². The lowest BCUT2D eigenvalue weighted by Crippen LogP contribution is -2.46. The van der Waals surface area contributed by atoms with E-state index in [1.165, 1.54) is 0 Å². The Bertz CT molecular complexity index is 268. The standard InChI is InChI=1S/C11H18FNO2/c1-8(2)10(15)13-6-4-11(12,5-7-13)9(3)14/h8,14H,3-7H2,1-2H3. The Kier molecular flexibility index (Phi) is 3.37. The van der Waals surface area contributed by atoms with E-state index in [1.54, 1.807) is 4.90 Å². The number of nitrogens with zero attached hydrogens (tertiary/aromatic N) is 1. The molecule has 0 saturated carbocycles. The second kappa shape index (κ2) is 4.21. The van der Waals surface area contributed by atoms with Crippen LogP contribution < -0.4 is 0 Å². The zero-order valence-corrected chi connectivity index (χ0v) is 9.29. The van der Waals surface area contributed by atoms with Crippen molar-refractivity contribution in [2.75, 3.05) is 13.1 Å². The third-order valence-electron chi connectivity index (χ3n) is 2.88.